The molecule has 8 nitrogen and oxygen atoms in total. The summed E-state index contributed by atoms with van der Waals surface area (Å²) in [5.74, 6) is 2.65. The number of fused-ring (bicyclic) bond motifs is 1. The van der Waals surface area contributed by atoms with Gasteiger partial charge in [-0.15, -0.1) is 5.10 Å². The SMILES string of the molecule is O=C(Nc1nnc(Cc2ccc3c(c2)OCCO3)o1)c1cccc(Oc2ccccc2)c1. The minimum absolute atomic E-state index is 0.0249. The zero-order valence-electron chi connectivity index (χ0n) is 17.0. The number of benzene rings is 3. The van der Waals surface area contributed by atoms with E-state index in [4.69, 9.17) is 18.6 Å². The van der Waals surface area contributed by atoms with Crippen LogP contribution in [0.15, 0.2) is 77.2 Å². The molecule has 0 radical (unpaired) electrons. The lowest BCUT2D eigenvalue weighted by Gasteiger charge is -2.18. The van der Waals surface area contributed by atoms with Gasteiger partial charge in [0.2, 0.25) is 5.89 Å². The monoisotopic (exact) mass is 429 g/mol. The maximum atomic E-state index is 12.6. The van der Waals surface area contributed by atoms with E-state index in [0.29, 0.717) is 48.3 Å². The standard InChI is InChI=1S/C24H19N3O5/c28-23(17-5-4-8-19(15-17)31-18-6-2-1-3-7-18)25-24-27-26-22(32-24)14-16-9-10-20-21(13-16)30-12-11-29-20/h1-10,13,15H,11-12,14H2,(H,25,27,28). The molecule has 1 aliphatic rings. The van der Waals surface area contributed by atoms with Crippen LogP contribution in [0.4, 0.5) is 6.01 Å². The molecule has 1 N–H and O–H groups in total. The van der Waals surface area contributed by atoms with Gasteiger partial charge in [-0.25, -0.2) is 0 Å². The molecule has 0 bridgehead atoms. The third-order valence-electron chi connectivity index (χ3n) is 4.72. The van der Waals surface area contributed by atoms with Crippen molar-refractivity contribution in [1.29, 1.82) is 0 Å². The van der Waals surface area contributed by atoms with E-state index < -0.39 is 0 Å². The molecule has 8 heteroatoms. The molecule has 0 unspecified atom stereocenters. The Labute approximate surface area is 183 Å². The number of hydrogen-bond acceptors (Lipinski definition) is 7. The number of hydrogen-bond donors (Lipinski definition) is 1. The molecule has 0 fully saturated rings. The van der Waals surface area contributed by atoms with Crippen molar-refractivity contribution in [2.45, 2.75) is 6.42 Å². The Kier molecular flexibility index (Phi) is 5.40. The number of anilines is 1. The second-order valence-corrected chi connectivity index (χ2v) is 7.05. The fourth-order valence-corrected chi connectivity index (χ4v) is 3.24. The van der Waals surface area contributed by atoms with E-state index in [9.17, 15) is 4.79 Å². The summed E-state index contributed by atoms with van der Waals surface area (Å²) in [6.45, 7) is 1.06. The topological polar surface area (TPSA) is 95.7 Å². The number of aromatic nitrogens is 2. The Morgan fingerprint density at radius 1 is 0.875 bits per heavy atom. The molecule has 0 atom stereocenters. The highest BCUT2D eigenvalue weighted by Crippen LogP contribution is 2.31. The molecule has 0 saturated heterocycles. The largest absolute Gasteiger partial charge is 0.486 e. The molecule has 1 aromatic heterocycles. The maximum Gasteiger partial charge on any atom is 0.322 e. The number of rotatable bonds is 6. The molecule has 160 valence electrons. The minimum atomic E-state index is -0.377. The zero-order valence-corrected chi connectivity index (χ0v) is 17.0. The van der Waals surface area contributed by atoms with Crippen molar-refractivity contribution in [3.8, 4) is 23.0 Å². The highest BCUT2D eigenvalue weighted by molar-refractivity contribution is 6.03. The van der Waals surface area contributed by atoms with E-state index in [-0.39, 0.29) is 11.9 Å². The van der Waals surface area contributed by atoms with Crippen molar-refractivity contribution in [2.24, 2.45) is 0 Å². The third kappa shape index (κ3) is 4.54. The average molecular weight is 429 g/mol. The summed E-state index contributed by atoms with van der Waals surface area (Å²) in [5.41, 5.74) is 1.34. The normalized spacial score (nSPS) is 12.2. The van der Waals surface area contributed by atoms with Crippen LogP contribution in [-0.2, 0) is 6.42 Å². The number of nitrogens with one attached hydrogen (secondary N) is 1. The molecule has 0 saturated carbocycles. The van der Waals surface area contributed by atoms with Crippen LogP contribution in [0.3, 0.4) is 0 Å². The van der Waals surface area contributed by atoms with Gasteiger partial charge in [0, 0.05) is 5.56 Å². The van der Waals surface area contributed by atoms with Gasteiger partial charge in [0.05, 0.1) is 6.42 Å². The average Bonchev–Trinajstić information content (AvgIpc) is 3.26. The van der Waals surface area contributed by atoms with Crippen LogP contribution >= 0.6 is 0 Å². The highest BCUT2D eigenvalue weighted by atomic mass is 16.6. The van der Waals surface area contributed by atoms with Crippen LogP contribution in [0.1, 0.15) is 21.8 Å². The molecular formula is C24H19N3O5. The zero-order chi connectivity index (χ0) is 21.8. The van der Waals surface area contributed by atoms with Crippen LogP contribution in [0.2, 0.25) is 0 Å². The Bertz CT molecular complexity index is 1240. The summed E-state index contributed by atoms with van der Waals surface area (Å²) >= 11 is 0. The van der Waals surface area contributed by atoms with E-state index in [1.54, 1.807) is 24.3 Å². The van der Waals surface area contributed by atoms with E-state index in [1.165, 1.54) is 0 Å². The summed E-state index contributed by atoms with van der Waals surface area (Å²) in [5, 5.41) is 10.6. The number of ether oxygens (including phenoxy) is 3. The van der Waals surface area contributed by atoms with Crippen LogP contribution in [0, 0.1) is 0 Å². The predicted molar refractivity (Wildman–Crippen MR) is 115 cm³/mol. The van der Waals surface area contributed by atoms with Crippen molar-refractivity contribution in [2.75, 3.05) is 18.5 Å². The molecule has 1 amide bonds. The Morgan fingerprint density at radius 3 is 2.56 bits per heavy atom. The summed E-state index contributed by atoms with van der Waals surface area (Å²) in [7, 11) is 0. The fraction of sp³-hybridized carbons (Fsp3) is 0.125. The van der Waals surface area contributed by atoms with Crippen LogP contribution in [-0.4, -0.2) is 29.3 Å². The quantitative estimate of drug-likeness (QED) is 0.483. The predicted octanol–water partition coefficient (Wildman–Crippen LogP) is 4.48. The second-order valence-electron chi connectivity index (χ2n) is 7.05. The lowest BCUT2D eigenvalue weighted by molar-refractivity contribution is 0.102. The van der Waals surface area contributed by atoms with Gasteiger partial charge in [0.25, 0.3) is 5.91 Å². The van der Waals surface area contributed by atoms with Crippen molar-refractivity contribution in [3.63, 3.8) is 0 Å². The van der Waals surface area contributed by atoms with Gasteiger partial charge < -0.3 is 18.6 Å². The molecule has 3 aromatic carbocycles. The number of carbonyl (C=O) groups excluding carboxylic acids is 1. The number of amides is 1. The Morgan fingerprint density at radius 2 is 1.69 bits per heavy atom. The minimum Gasteiger partial charge on any atom is -0.486 e. The molecular weight excluding hydrogens is 410 g/mol. The number of carbonyl (C=O) groups is 1. The summed E-state index contributed by atoms with van der Waals surface area (Å²) in [6, 6.07) is 21.9. The first-order valence-electron chi connectivity index (χ1n) is 10.1. The Hall–Kier alpha value is -4.33. The van der Waals surface area contributed by atoms with E-state index >= 15 is 0 Å². The first kappa shape index (κ1) is 19.6. The molecule has 1 aliphatic heterocycles. The van der Waals surface area contributed by atoms with Gasteiger partial charge in [-0.05, 0) is 48.0 Å². The number of nitrogens with zero attached hydrogens (tertiary/aromatic N) is 2. The summed E-state index contributed by atoms with van der Waals surface area (Å²) in [6.07, 6.45) is 0.403. The van der Waals surface area contributed by atoms with Gasteiger partial charge in [-0.3, -0.25) is 10.1 Å². The second kappa shape index (κ2) is 8.81. The molecule has 0 spiro atoms. The van der Waals surface area contributed by atoms with E-state index in [0.717, 1.165) is 11.3 Å². The van der Waals surface area contributed by atoms with Gasteiger partial charge in [-0.2, -0.15) is 0 Å². The van der Waals surface area contributed by atoms with E-state index in [1.807, 2.05) is 48.5 Å². The summed E-state index contributed by atoms with van der Waals surface area (Å²) < 4.78 is 22.5. The van der Waals surface area contributed by atoms with Crippen LogP contribution < -0.4 is 19.5 Å². The van der Waals surface area contributed by atoms with Gasteiger partial charge in [0.1, 0.15) is 24.7 Å². The van der Waals surface area contributed by atoms with Crippen LogP contribution in [0.5, 0.6) is 23.0 Å². The Balaban J connectivity index is 1.23. The lowest BCUT2D eigenvalue weighted by atomic mass is 10.1. The van der Waals surface area contributed by atoms with Gasteiger partial charge >= 0.3 is 6.01 Å². The molecule has 2 heterocycles. The molecule has 5 rings (SSSR count). The first-order valence-corrected chi connectivity index (χ1v) is 10.1. The van der Waals surface area contributed by atoms with Gasteiger partial charge in [-0.1, -0.05) is 35.4 Å². The lowest BCUT2D eigenvalue weighted by Crippen LogP contribution is -2.15. The molecule has 0 aliphatic carbocycles. The summed E-state index contributed by atoms with van der Waals surface area (Å²) in [4.78, 5) is 12.6. The van der Waals surface area contributed by atoms with Gasteiger partial charge in [0.15, 0.2) is 11.5 Å². The number of para-hydroxylation sites is 1. The van der Waals surface area contributed by atoms with Crippen molar-refractivity contribution >= 4 is 11.9 Å². The van der Waals surface area contributed by atoms with Crippen molar-refractivity contribution in [3.05, 3.63) is 89.8 Å². The smallest absolute Gasteiger partial charge is 0.322 e. The maximum absolute atomic E-state index is 12.6. The van der Waals surface area contributed by atoms with Crippen molar-refractivity contribution < 1.29 is 23.4 Å². The van der Waals surface area contributed by atoms with Crippen molar-refractivity contribution in [1.82, 2.24) is 10.2 Å². The van der Waals surface area contributed by atoms with E-state index in [2.05, 4.69) is 15.5 Å². The molecule has 32 heavy (non-hydrogen) atoms. The van der Waals surface area contributed by atoms with Crippen LogP contribution in [0.25, 0.3) is 0 Å². The fourth-order valence-electron chi connectivity index (χ4n) is 3.24. The first-order chi connectivity index (χ1) is 15.7. The third-order valence-corrected chi connectivity index (χ3v) is 4.72. The molecule has 4 aromatic rings. The highest BCUT2D eigenvalue weighted by Gasteiger charge is 2.15.